The zero-order valence-electron chi connectivity index (χ0n) is 11.9. The van der Waals surface area contributed by atoms with Crippen molar-refractivity contribution in [3.05, 3.63) is 18.2 Å². The number of fused-ring (bicyclic) bond motifs is 1. The number of anilines is 1. The summed E-state index contributed by atoms with van der Waals surface area (Å²) in [5.41, 5.74) is 0.721. The third-order valence-corrected chi connectivity index (χ3v) is 3.87. The van der Waals surface area contributed by atoms with E-state index in [0.717, 1.165) is 38.2 Å². The Morgan fingerprint density at radius 1 is 1.29 bits per heavy atom. The van der Waals surface area contributed by atoms with Crippen molar-refractivity contribution in [3.8, 4) is 11.5 Å². The van der Waals surface area contributed by atoms with Gasteiger partial charge in [-0.25, -0.2) is 0 Å². The molecule has 0 unspecified atom stereocenters. The smallest absolute Gasteiger partial charge is 0.231 e. The van der Waals surface area contributed by atoms with Crippen LogP contribution in [0.4, 0.5) is 5.69 Å². The number of ether oxygens (including phenoxy) is 2. The van der Waals surface area contributed by atoms with Gasteiger partial charge >= 0.3 is 0 Å². The number of nitrogens with zero attached hydrogens (tertiary/aromatic N) is 1. The van der Waals surface area contributed by atoms with Crippen LogP contribution in [0.2, 0.25) is 0 Å². The second kappa shape index (κ2) is 6.32. The minimum Gasteiger partial charge on any atom is -0.454 e. The Bertz CT molecular complexity index is 512. The summed E-state index contributed by atoms with van der Waals surface area (Å²) < 4.78 is 10.5. The molecule has 0 saturated carbocycles. The second-order valence-corrected chi connectivity index (χ2v) is 5.44. The Hall–Kier alpha value is -1.79. The maximum atomic E-state index is 12.0. The third-order valence-electron chi connectivity index (χ3n) is 3.87. The van der Waals surface area contributed by atoms with Gasteiger partial charge < -0.3 is 24.8 Å². The number of nitrogens with one attached hydrogen (secondary N) is 1. The zero-order chi connectivity index (χ0) is 14.7. The quantitative estimate of drug-likeness (QED) is 0.872. The predicted octanol–water partition coefficient (Wildman–Crippen LogP) is 1.20. The van der Waals surface area contributed by atoms with Gasteiger partial charge in [0.15, 0.2) is 11.5 Å². The highest BCUT2D eigenvalue weighted by Crippen LogP contribution is 2.34. The number of hydrogen-bond acceptors (Lipinski definition) is 5. The number of amides is 1. The number of rotatable bonds is 4. The fraction of sp³-hybridized carbons (Fsp3) is 0.533. The van der Waals surface area contributed by atoms with E-state index in [1.165, 1.54) is 0 Å². The molecule has 1 amide bonds. The Kier molecular flexibility index (Phi) is 4.26. The van der Waals surface area contributed by atoms with E-state index in [-0.39, 0.29) is 18.8 Å². The molecular weight excluding hydrogens is 272 g/mol. The van der Waals surface area contributed by atoms with Crippen molar-refractivity contribution in [1.29, 1.82) is 0 Å². The molecule has 3 rings (SSSR count). The molecule has 0 atom stereocenters. The van der Waals surface area contributed by atoms with Gasteiger partial charge in [0.2, 0.25) is 12.7 Å². The van der Waals surface area contributed by atoms with Crippen molar-refractivity contribution in [1.82, 2.24) is 4.90 Å². The molecule has 21 heavy (non-hydrogen) atoms. The predicted molar refractivity (Wildman–Crippen MR) is 77.5 cm³/mol. The summed E-state index contributed by atoms with van der Waals surface area (Å²) >= 11 is 0. The summed E-state index contributed by atoms with van der Waals surface area (Å²) in [4.78, 5) is 14.2. The van der Waals surface area contributed by atoms with E-state index in [0.29, 0.717) is 17.9 Å². The highest BCUT2D eigenvalue weighted by Gasteiger charge is 2.18. The van der Waals surface area contributed by atoms with Crippen molar-refractivity contribution in [2.45, 2.75) is 25.4 Å². The molecule has 114 valence electrons. The van der Waals surface area contributed by atoms with Gasteiger partial charge in [-0.2, -0.15) is 0 Å². The van der Waals surface area contributed by atoms with Crippen molar-refractivity contribution in [2.75, 3.05) is 31.7 Å². The summed E-state index contributed by atoms with van der Waals surface area (Å²) in [5.74, 6) is 1.36. The van der Waals surface area contributed by atoms with Crippen LogP contribution in [0.3, 0.4) is 0 Å². The number of likely N-dealkylation sites (tertiary alicyclic amines) is 1. The zero-order valence-corrected chi connectivity index (χ0v) is 11.9. The van der Waals surface area contributed by atoms with Crippen molar-refractivity contribution >= 4 is 11.6 Å². The molecule has 2 heterocycles. The summed E-state index contributed by atoms with van der Waals surface area (Å²) in [6.45, 7) is 2.67. The number of hydrogen-bond donors (Lipinski definition) is 2. The molecule has 1 fully saturated rings. The van der Waals surface area contributed by atoms with Crippen LogP contribution in [-0.4, -0.2) is 48.4 Å². The van der Waals surface area contributed by atoms with Crippen LogP contribution in [-0.2, 0) is 4.79 Å². The van der Waals surface area contributed by atoms with Crippen LogP contribution in [0.15, 0.2) is 18.2 Å². The molecule has 2 aliphatic heterocycles. The maximum Gasteiger partial charge on any atom is 0.231 e. The van der Waals surface area contributed by atoms with E-state index in [2.05, 4.69) is 10.2 Å². The van der Waals surface area contributed by atoms with E-state index in [9.17, 15) is 9.90 Å². The molecule has 1 aromatic carbocycles. The number of aliphatic hydroxyl groups is 1. The maximum absolute atomic E-state index is 12.0. The summed E-state index contributed by atoms with van der Waals surface area (Å²) in [6.07, 6.45) is 1.86. The van der Waals surface area contributed by atoms with Gasteiger partial charge in [-0.1, -0.05) is 0 Å². The highest BCUT2D eigenvalue weighted by molar-refractivity contribution is 5.91. The minimum atomic E-state index is -0.177. The SMILES string of the molecule is O=C(CCN1CCC(O)CC1)Nc1ccc2c(c1)OCO2. The van der Waals surface area contributed by atoms with E-state index in [1.54, 1.807) is 12.1 Å². The first-order chi connectivity index (χ1) is 10.2. The Balaban J connectivity index is 1.46. The first kappa shape index (κ1) is 14.2. The van der Waals surface area contributed by atoms with Crippen LogP contribution in [0.1, 0.15) is 19.3 Å². The fourth-order valence-electron chi connectivity index (χ4n) is 2.60. The molecule has 0 spiro atoms. The molecule has 1 aromatic rings. The third kappa shape index (κ3) is 3.65. The highest BCUT2D eigenvalue weighted by atomic mass is 16.7. The topological polar surface area (TPSA) is 71.0 Å². The van der Waals surface area contributed by atoms with Gasteiger partial charge in [-0.3, -0.25) is 4.79 Å². The average Bonchev–Trinajstić information content (AvgIpc) is 2.94. The van der Waals surface area contributed by atoms with E-state index < -0.39 is 0 Å². The van der Waals surface area contributed by atoms with Gasteiger partial charge in [0, 0.05) is 37.8 Å². The van der Waals surface area contributed by atoms with E-state index in [4.69, 9.17) is 9.47 Å². The Morgan fingerprint density at radius 2 is 2.05 bits per heavy atom. The van der Waals surface area contributed by atoms with Gasteiger partial charge in [0.05, 0.1) is 6.10 Å². The van der Waals surface area contributed by atoms with Gasteiger partial charge in [-0.05, 0) is 25.0 Å². The molecule has 2 N–H and O–H groups in total. The lowest BCUT2D eigenvalue weighted by Crippen LogP contribution is -2.37. The van der Waals surface area contributed by atoms with Crippen LogP contribution in [0.5, 0.6) is 11.5 Å². The summed E-state index contributed by atoms with van der Waals surface area (Å²) in [5, 5.41) is 12.3. The van der Waals surface area contributed by atoms with Crippen LogP contribution in [0.25, 0.3) is 0 Å². The van der Waals surface area contributed by atoms with E-state index in [1.807, 2.05) is 6.07 Å². The van der Waals surface area contributed by atoms with Crippen LogP contribution in [0, 0.1) is 0 Å². The monoisotopic (exact) mass is 292 g/mol. The van der Waals surface area contributed by atoms with Gasteiger partial charge in [0.25, 0.3) is 0 Å². The number of benzene rings is 1. The molecule has 0 bridgehead atoms. The first-order valence-electron chi connectivity index (χ1n) is 7.30. The standard InChI is InChI=1S/C15H20N2O4/c18-12-3-6-17(7-4-12)8-5-15(19)16-11-1-2-13-14(9-11)21-10-20-13/h1-2,9,12,18H,3-8,10H2,(H,16,19). The van der Waals surface area contributed by atoms with Crippen molar-refractivity contribution in [3.63, 3.8) is 0 Å². The molecule has 0 aliphatic carbocycles. The Labute approximate surface area is 123 Å². The molecule has 6 nitrogen and oxygen atoms in total. The van der Waals surface area contributed by atoms with Crippen molar-refractivity contribution in [2.24, 2.45) is 0 Å². The molecule has 2 aliphatic rings. The molecule has 0 radical (unpaired) electrons. The lowest BCUT2D eigenvalue weighted by Gasteiger charge is -2.29. The normalized spacial score (nSPS) is 18.7. The first-order valence-corrected chi connectivity index (χ1v) is 7.30. The number of carbonyl (C=O) groups is 1. The van der Waals surface area contributed by atoms with Gasteiger partial charge in [0.1, 0.15) is 0 Å². The summed E-state index contributed by atoms with van der Waals surface area (Å²) in [6, 6.07) is 5.38. The van der Waals surface area contributed by atoms with Crippen LogP contribution < -0.4 is 14.8 Å². The minimum absolute atomic E-state index is 0.0139. The largest absolute Gasteiger partial charge is 0.454 e. The Morgan fingerprint density at radius 3 is 2.86 bits per heavy atom. The van der Waals surface area contributed by atoms with E-state index >= 15 is 0 Å². The molecule has 1 saturated heterocycles. The molecule has 0 aromatic heterocycles. The lowest BCUT2D eigenvalue weighted by molar-refractivity contribution is -0.116. The summed E-state index contributed by atoms with van der Waals surface area (Å²) in [7, 11) is 0. The van der Waals surface area contributed by atoms with Gasteiger partial charge in [-0.15, -0.1) is 0 Å². The molecular formula is C15H20N2O4. The molecule has 6 heteroatoms. The number of aliphatic hydroxyl groups excluding tert-OH is 1. The lowest BCUT2D eigenvalue weighted by atomic mass is 10.1. The van der Waals surface area contributed by atoms with Crippen LogP contribution >= 0.6 is 0 Å². The van der Waals surface area contributed by atoms with Crippen molar-refractivity contribution < 1.29 is 19.4 Å². The fourth-order valence-corrected chi connectivity index (χ4v) is 2.60. The number of carbonyl (C=O) groups excluding carboxylic acids is 1. The second-order valence-electron chi connectivity index (χ2n) is 5.44. The average molecular weight is 292 g/mol. The number of piperidine rings is 1.